The van der Waals surface area contributed by atoms with Crippen molar-refractivity contribution in [2.75, 3.05) is 10.5 Å². The lowest BCUT2D eigenvalue weighted by Gasteiger charge is -2.13. The number of sulfonamides is 1. The SMILES string of the molecule is CCCCS(=O)(=O)Nc1cccc(C)c1/C(N)=N/O. The summed E-state index contributed by atoms with van der Waals surface area (Å²) in [4.78, 5) is 0. The van der Waals surface area contributed by atoms with Gasteiger partial charge in [-0.3, -0.25) is 4.72 Å². The van der Waals surface area contributed by atoms with Gasteiger partial charge >= 0.3 is 0 Å². The summed E-state index contributed by atoms with van der Waals surface area (Å²) in [6.45, 7) is 3.68. The van der Waals surface area contributed by atoms with Crippen molar-refractivity contribution in [2.45, 2.75) is 26.7 Å². The van der Waals surface area contributed by atoms with Gasteiger partial charge in [0.2, 0.25) is 10.0 Å². The third-order valence-electron chi connectivity index (χ3n) is 2.67. The van der Waals surface area contributed by atoms with E-state index in [1.165, 1.54) is 0 Å². The van der Waals surface area contributed by atoms with Crippen LogP contribution in [-0.4, -0.2) is 25.2 Å². The van der Waals surface area contributed by atoms with Gasteiger partial charge in [-0.15, -0.1) is 0 Å². The molecule has 19 heavy (non-hydrogen) atoms. The van der Waals surface area contributed by atoms with E-state index in [0.717, 1.165) is 12.0 Å². The average Bonchev–Trinajstić information content (AvgIpc) is 2.35. The fourth-order valence-corrected chi connectivity index (χ4v) is 2.97. The van der Waals surface area contributed by atoms with Crippen molar-refractivity contribution >= 4 is 21.5 Å². The van der Waals surface area contributed by atoms with Gasteiger partial charge in [0, 0.05) is 5.56 Å². The second kappa shape index (κ2) is 6.42. The summed E-state index contributed by atoms with van der Waals surface area (Å²) in [7, 11) is -3.42. The van der Waals surface area contributed by atoms with Gasteiger partial charge in [0.15, 0.2) is 5.84 Å². The van der Waals surface area contributed by atoms with Crippen LogP contribution in [0.15, 0.2) is 23.4 Å². The van der Waals surface area contributed by atoms with Gasteiger partial charge in [0.25, 0.3) is 0 Å². The van der Waals surface area contributed by atoms with Crippen LogP contribution >= 0.6 is 0 Å². The van der Waals surface area contributed by atoms with Crippen molar-refractivity contribution in [3.8, 4) is 0 Å². The van der Waals surface area contributed by atoms with Crippen LogP contribution in [0, 0.1) is 6.92 Å². The minimum absolute atomic E-state index is 0.0487. The number of amidine groups is 1. The van der Waals surface area contributed by atoms with Crippen molar-refractivity contribution < 1.29 is 13.6 Å². The number of unbranched alkanes of at least 4 members (excludes halogenated alkanes) is 1. The molecule has 1 aromatic carbocycles. The largest absolute Gasteiger partial charge is 0.409 e. The van der Waals surface area contributed by atoms with E-state index >= 15 is 0 Å². The summed E-state index contributed by atoms with van der Waals surface area (Å²) in [5.41, 5.74) is 7.03. The van der Waals surface area contributed by atoms with E-state index in [1.54, 1.807) is 25.1 Å². The molecule has 0 aliphatic rings. The minimum Gasteiger partial charge on any atom is -0.409 e. The molecule has 0 aliphatic heterocycles. The average molecular weight is 285 g/mol. The second-order valence-corrected chi connectivity index (χ2v) is 6.10. The summed E-state index contributed by atoms with van der Waals surface area (Å²) in [5.74, 6) is -0.0705. The molecule has 7 heteroatoms. The standard InChI is InChI=1S/C12H19N3O3S/c1-3-4-8-19(17,18)15-10-7-5-6-9(2)11(10)12(13)14-16/h5-7,15-16H,3-4,8H2,1-2H3,(H2,13,14). The Hall–Kier alpha value is -1.76. The minimum atomic E-state index is -3.42. The first-order valence-corrected chi connectivity index (χ1v) is 7.64. The molecular formula is C12H19N3O3S. The zero-order valence-electron chi connectivity index (χ0n) is 11.0. The number of rotatable bonds is 6. The Morgan fingerprint density at radius 3 is 2.74 bits per heavy atom. The lowest BCUT2D eigenvalue weighted by Crippen LogP contribution is -2.22. The van der Waals surface area contributed by atoms with E-state index in [0.29, 0.717) is 17.7 Å². The Labute approximate surface area is 113 Å². The molecule has 1 rings (SSSR count). The quantitative estimate of drug-likeness (QED) is 0.320. The molecule has 4 N–H and O–H groups in total. The predicted octanol–water partition coefficient (Wildman–Crippen LogP) is 1.63. The van der Waals surface area contributed by atoms with Gasteiger partial charge in [0.05, 0.1) is 11.4 Å². The molecule has 0 saturated heterocycles. The first-order chi connectivity index (χ1) is 8.91. The Balaban J connectivity index is 3.12. The third kappa shape index (κ3) is 4.13. The van der Waals surface area contributed by atoms with Crippen LogP contribution in [0.4, 0.5) is 5.69 Å². The van der Waals surface area contributed by atoms with E-state index < -0.39 is 10.0 Å². The predicted molar refractivity (Wildman–Crippen MR) is 76.0 cm³/mol. The Morgan fingerprint density at radius 1 is 1.47 bits per heavy atom. The second-order valence-electron chi connectivity index (χ2n) is 4.26. The number of aryl methyl sites for hydroxylation is 1. The molecule has 0 amide bonds. The van der Waals surface area contributed by atoms with Crippen LogP contribution in [-0.2, 0) is 10.0 Å². The van der Waals surface area contributed by atoms with Gasteiger partial charge in [-0.25, -0.2) is 8.42 Å². The lowest BCUT2D eigenvalue weighted by molar-refractivity contribution is 0.318. The maximum atomic E-state index is 11.9. The van der Waals surface area contributed by atoms with Crippen molar-refractivity contribution in [1.82, 2.24) is 0 Å². The van der Waals surface area contributed by atoms with Crippen LogP contribution in [0.3, 0.4) is 0 Å². The zero-order valence-corrected chi connectivity index (χ0v) is 11.9. The highest BCUT2D eigenvalue weighted by molar-refractivity contribution is 7.92. The molecule has 106 valence electrons. The number of nitrogens with two attached hydrogens (primary N) is 1. The highest BCUT2D eigenvalue weighted by Gasteiger charge is 2.15. The number of benzene rings is 1. The fourth-order valence-electron chi connectivity index (χ4n) is 1.70. The summed E-state index contributed by atoms with van der Waals surface area (Å²) in [6.07, 6.45) is 1.38. The van der Waals surface area contributed by atoms with Gasteiger partial charge in [-0.05, 0) is 25.0 Å². The first-order valence-electron chi connectivity index (χ1n) is 5.99. The maximum Gasteiger partial charge on any atom is 0.232 e. The van der Waals surface area contributed by atoms with Crippen LogP contribution in [0.1, 0.15) is 30.9 Å². The number of nitrogens with zero attached hydrogens (tertiary/aromatic N) is 1. The number of anilines is 1. The first kappa shape index (κ1) is 15.3. The number of hydrogen-bond acceptors (Lipinski definition) is 4. The molecule has 6 nitrogen and oxygen atoms in total. The summed E-state index contributed by atoms with van der Waals surface area (Å²) in [5, 5.41) is 11.7. The van der Waals surface area contributed by atoms with Crippen molar-refractivity contribution in [3.05, 3.63) is 29.3 Å². The number of nitrogens with one attached hydrogen (secondary N) is 1. The Kier molecular flexibility index (Phi) is 5.17. The van der Waals surface area contributed by atoms with Gasteiger partial charge in [0.1, 0.15) is 0 Å². The molecular weight excluding hydrogens is 266 g/mol. The number of hydrogen-bond donors (Lipinski definition) is 3. The zero-order chi connectivity index (χ0) is 14.5. The van der Waals surface area contributed by atoms with Gasteiger partial charge in [-0.2, -0.15) is 0 Å². The Bertz CT molecular complexity index is 568. The summed E-state index contributed by atoms with van der Waals surface area (Å²) < 4.78 is 26.2. The maximum absolute atomic E-state index is 11.9. The van der Waals surface area contributed by atoms with E-state index in [1.807, 2.05) is 6.92 Å². The van der Waals surface area contributed by atoms with Crippen molar-refractivity contribution in [2.24, 2.45) is 10.9 Å². The van der Waals surface area contributed by atoms with Crippen LogP contribution in [0.5, 0.6) is 0 Å². The Morgan fingerprint density at radius 2 is 2.16 bits per heavy atom. The van der Waals surface area contributed by atoms with Crippen LogP contribution < -0.4 is 10.5 Å². The molecule has 0 unspecified atom stereocenters. The van der Waals surface area contributed by atoms with E-state index in [-0.39, 0.29) is 11.6 Å². The molecule has 0 atom stereocenters. The highest BCUT2D eigenvalue weighted by Crippen LogP contribution is 2.20. The normalized spacial score (nSPS) is 12.4. The smallest absolute Gasteiger partial charge is 0.232 e. The van der Waals surface area contributed by atoms with Crippen molar-refractivity contribution in [1.29, 1.82) is 0 Å². The van der Waals surface area contributed by atoms with Gasteiger partial charge < -0.3 is 10.9 Å². The van der Waals surface area contributed by atoms with Crippen LogP contribution in [0.2, 0.25) is 0 Å². The highest BCUT2D eigenvalue weighted by atomic mass is 32.2. The molecule has 0 fully saturated rings. The molecule has 0 bridgehead atoms. The molecule has 0 aromatic heterocycles. The monoisotopic (exact) mass is 285 g/mol. The fraction of sp³-hybridized carbons (Fsp3) is 0.417. The van der Waals surface area contributed by atoms with Crippen LogP contribution in [0.25, 0.3) is 0 Å². The summed E-state index contributed by atoms with van der Waals surface area (Å²) in [6, 6.07) is 5.06. The van der Waals surface area contributed by atoms with E-state index in [2.05, 4.69) is 9.88 Å². The van der Waals surface area contributed by atoms with E-state index in [9.17, 15) is 8.42 Å². The molecule has 0 radical (unpaired) electrons. The van der Waals surface area contributed by atoms with Crippen molar-refractivity contribution in [3.63, 3.8) is 0 Å². The van der Waals surface area contributed by atoms with Gasteiger partial charge in [-0.1, -0.05) is 30.6 Å². The summed E-state index contributed by atoms with van der Waals surface area (Å²) >= 11 is 0. The lowest BCUT2D eigenvalue weighted by atomic mass is 10.1. The third-order valence-corrected chi connectivity index (χ3v) is 4.03. The van der Waals surface area contributed by atoms with E-state index in [4.69, 9.17) is 10.9 Å². The molecule has 0 heterocycles. The molecule has 0 spiro atoms. The number of oxime groups is 1. The topological polar surface area (TPSA) is 105 Å². The molecule has 0 aliphatic carbocycles. The molecule has 1 aromatic rings. The molecule has 0 saturated carbocycles.